The zero-order valence-corrected chi connectivity index (χ0v) is 13.4. The van der Waals surface area contributed by atoms with Crippen molar-refractivity contribution in [2.75, 3.05) is 7.11 Å². The van der Waals surface area contributed by atoms with E-state index in [4.69, 9.17) is 4.74 Å². The van der Waals surface area contributed by atoms with E-state index in [0.717, 1.165) is 24.0 Å². The number of carbonyl (C=O) groups excluding carboxylic acids is 2. The number of rotatable bonds is 2. The van der Waals surface area contributed by atoms with Gasteiger partial charge >= 0.3 is 5.97 Å². The average molecular weight is 300 g/mol. The van der Waals surface area contributed by atoms with Crippen LogP contribution >= 0.6 is 0 Å². The molecule has 0 N–H and O–H groups in total. The molecule has 0 unspecified atom stereocenters. The van der Waals surface area contributed by atoms with Gasteiger partial charge in [-0.3, -0.25) is 9.59 Å². The molecule has 22 heavy (non-hydrogen) atoms. The van der Waals surface area contributed by atoms with Crippen molar-refractivity contribution in [3.8, 4) is 0 Å². The molecule has 2 aliphatic rings. The number of fused-ring (bicyclic) bond motifs is 1. The number of benzene rings is 1. The van der Waals surface area contributed by atoms with Gasteiger partial charge in [0.05, 0.1) is 7.11 Å². The molecule has 0 aliphatic heterocycles. The first-order valence-corrected chi connectivity index (χ1v) is 8.27. The topological polar surface area (TPSA) is 43.4 Å². The third-order valence-electron chi connectivity index (χ3n) is 5.64. The molecule has 0 radical (unpaired) electrons. The van der Waals surface area contributed by atoms with E-state index in [1.54, 1.807) is 0 Å². The second-order valence-electron chi connectivity index (χ2n) is 6.90. The van der Waals surface area contributed by atoms with Gasteiger partial charge in [0.15, 0.2) is 11.2 Å². The lowest BCUT2D eigenvalue weighted by atomic mass is 9.58. The van der Waals surface area contributed by atoms with Crippen molar-refractivity contribution in [3.63, 3.8) is 0 Å². The van der Waals surface area contributed by atoms with Crippen LogP contribution in [0.4, 0.5) is 0 Å². The fraction of sp³-hybridized carbons (Fsp3) is 0.579. The van der Waals surface area contributed by atoms with E-state index < -0.39 is 5.41 Å². The Bertz CT molecular complexity index is 575. The monoisotopic (exact) mass is 300 g/mol. The number of ether oxygens (including phenoxy) is 1. The third-order valence-corrected chi connectivity index (χ3v) is 5.64. The van der Waals surface area contributed by atoms with Crippen LogP contribution in [0.15, 0.2) is 24.3 Å². The molecule has 2 fully saturated rings. The van der Waals surface area contributed by atoms with Gasteiger partial charge in [0.25, 0.3) is 0 Å². The van der Waals surface area contributed by atoms with E-state index in [0.29, 0.717) is 24.7 Å². The van der Waals surface area contributed by atoms with Crippen molar-refractivity contribution in [3.05, 3.63) is 35.4 Å². The molecule has 3 heteroatoms. The first-order chi connectivity index (χ1) is 10.6. The molecule has 0 bridgehead atoms. The van der Waals surface area contributed by atoms with Crippen molar-refractivity contribution in [1.29, 1.82) is 0 Å². The van der Waals surface area contributed by atoms with Gasteiger partial charge in [0.2, 0.25) is 0 Å². The largest absolute Gasteiger partial charge is 0.468 e. The first kappa shape index (κ1) is 15.3. The normalized spacial score (nSPS) is 31.5. The van der Waals surface area contributed by atoms with Crippen molar-refractivity contribution < 1.29 is 14.3 Å². The molecule has 0 amide bonds. The average Bonchev–Trinajstić information content (AvgIpc) is 2.54. The molecule has 118 valence electrons. The van der Waals surface area contributed by atoms with Crippen LogP contribution in [0, 0.1) is 18.8 Å². The maximum atomic E-state index is 13.0. The lowest BCUT2D eigenvalue weighted by molar-refractivity contribution is -0.156. The summed E-state index contributed by atoms with van der Waals surface area (Å²) in [6.07, 6.45) is 5.81. The molecule has 2 aliphatic carbocycles. The second-order valence-corrected chi connectivity index (χ2v) is 6.90. The zero-order chi connectivity index (χ0) is 15.7. The maximum Gasteiger partial charge on any atom is 0.323 e. The van der Waals surface area contributed by atoms with Gasteiger partial charge < -0.3 is 4.74 Å². The fourth-order valence-corrected chi connectivity index (χ4v) is 4.35. The van der Waals surface area contributed by atoms with E-state index in [1.165, 1.54) is 20.0 Å². The van der Waals surface area contributed by atoms with Crippen LogP contribution in [0.3, 0.4) is 0 Å². The highest BCUT2D eigenvalue weighted by Gasteiger charge is 2.54. The second kappa shape index (κ2) is 5.86. The van der Waals surface area contributed by atoms with Crippen LogP contribution in [0.5, 0.6) is 0 Å². The van der Waals surface area contributed by atoms with Crippen LogP contribution < -0.4 is 0 Å². The Labute approximate surface area is 132 Å². The van der Waals surface area contributed by atoms with Crippen molar-refractivity contribution >= 4 is 11.8 Å². The molecule has 3 nitrogen and oxygen atoms in total. The number of methoxy groups -OCH3 is 1. The van der Waals surface area contributed by atoms with Crippen molar-refractivity contribution in [2.24, 2.45) is 11.8 Å². The van der Waals surface area contributed by atoms with Gasteiger partial charge in [-0.15, -0.1) is 0 Å². The number of hydrogen-bond donors (Lipinski definition) is 0. The Morgan fingerprint density at radius 3 is 2.41 bits per heavy atom. The van der Waals surface area contributed by atoms with Crippen LogP contribution in [0.1, 0.15) is 49.7 Å². The number of hydrogen-bond acceptors (Lipinski definition) is 3. The van der Waals surface area contributed by atoms with Gasteiger partial charge in [-0.25, -0.2) is 0 Å². The summed E-state index contributed by atoms with van der Waals surface area (Å²) >= 11 is 0. The molecular formula is C19H24O3. The Kier molecular flexibility index (Phi) is 4.07. The number of Topliss-reactive ketones (excluding diaryl/α,β-unsaturated/α-hetero) is 1. The molecule has 3 rings (SSSR count). The predicted molar refractivity (Wildman–Crippen MR) is 84.6 cm³/mol. The third kappa shape index (κ3) is 2.37. The number of esters is 1. The van der Waals surface area contributed by atoms with Crippen LogP contribution in [0.2, 0.25) is 0 Å². The number of aryl methyl sites for hydroxylation is 1. The van der Waals surface area contributed by atoms with E-state index >= 15 is 0 Å². The molecular weight excluding hydrogens is 276 g/mol. The molecule has 2 saturated carbocycles. The first-order valence-electron chi connectivity index (χ1n) is 8.27. The number of carbonyl (C=O) groups is 2. The van der Waals surface area contributed by atoms with Crippen LogP contribution in [0.25, 0.3) is 0 Å². The standard InChI is InChI=1S/C19H24O3/c1-13-7-9-16(10-8-13)19(18(21)22-2)12-15-6-4-3-5-14(15)11-17(19)20/h7-10,14-15H,3-6,11-12H2,1-2H3/t14-,15-,19-/m0/s1. The Morgan fingerprint density at radius 2 is 1.77 bits per heavy atom. The molecule has 3 atom stereocenters. The summed E-state index contributed by atoms with van der Waals surface area (Å²) in [5.74, 6) is 0.591. The highest BCUT2D eigenvalue weighted by molar-refractivity contribution is 6.10. The van der Waals surface area contributed by atoms with Crippen LogP contribution in [-0.2, 0) is 19.7 Å². The maximum absolute atomic E-state index is 13.0. The summed E-state index contributed by atoms with van der Waals surface area (Å²) in [5, 5.41) is 0. The minimum atomic E-state index is -1.08. The zero-order valence-electron chi connectivity index (χ0n) is 13.4. The molecule has 0 saturated heterocycles. The van der Waals surface area contributed by atoms with E-state index in [-0.39, 0.29) is 11.8 Å². The predicted octanol–water partition coefficient (Wildman–Crippen LogP) is 3.58. The lowest BCUT2D eigenvalue weighted by Crippen LogP contribution is -2.51. The lowest BCUT2D eigenvalue weighted by Gasteiger charge is -2.44. The van der Waals surface area contributed by atoms with Gasteiger partial charge in [0.1, 0.15) is 0 Å². The molecule has 1 aromatic rings. The van der Waals surface area contributed by atoms with Crippen molar-refractivity contribution in [2.45, 2.75) is 50.9 Å². The highest BCUT2D eigenvalue weighted by atomic mass is 16.5. The highest BCUT2D eigenvalue weighted by Crippen LogP contribution is 2.48. The summed E-state index contributed by atoms with van der Waals surface area (Å²) in [6.45, 7) is 2.01. The summed E-state index contributed by atoms with van der Waals surface area (Å²) in [6, 6.07) is 7.79. The van der Waals surface area contributed by atoms with Gasteiger partial charge in [0, 0.05) is 6.42 Å². The quantitative estimate of drug-likeness (QED) is 0.619. The Hall–Kier alpha value is -1.64. The Balaban J connectivity index is 2.03. The Morgan fingerprint density at radius 1 is 1.14 bits per heavy atom. The van der Waals surface area contributed by atoms with Crippen LogP contribution in [-0.4, -0.2) is 18.9 Å². The fourth-order valence-electron chi connectivity index (χ4n) is 4.35. The van der Waals surface area contributed by atoms with E-state index in [1.807, 2.05) is 31.2 Å². The van der Waals surface area contributed by atoms with E-state index in [9.17, 15) is 9.59 Å². The minimum absolute atomic E-state index is 0.0475. The molecule has 0 aromatic heterocycles. The SMILES string of the molecule is COC(=O)[C@]1(c2ccc(C)cc2)C[C@@H]2CCCC[C@H]2CC1=O. The minimum Gasteiger partial charge on any atom is -0.468 e. The summed E-state index contributed by atoms with van der Waals surface area (Å²) in [4.78, 5) is 25.6. The molecule has 0 heterocycles. The molecule has 0 spiro atoms. The summed E-state index contributed by atoms with van der Waals surface area (Å²) in [7, 11) is 1.39. The molecule has 1 aromatic carbocycles. The summed E-state index contributed by atoms with van der Waals surface area (Å²) in [5.41, 5.74) is 0.850. The number of ketones is 1. The van der Waals surface area contributed by atoms with E-state index in [2.05, 4.69) is 0 Å². The smallest absolute Gasteiger partial charge is 0.323 e. The van der Waals surface area contributed by atoms with Gasteiger partial charge in [-0.05, 0) is 37.2 Å². The van der Waals surface area contributed by atoms with Gasteiger partial charge in [-0.1, -0.05) is 49.1 Å². The summed E-state index contributed by atoms with van der Waals surface area (Å²) < 4.78 is 5.07. The van der Waals surface area contributed by atoms with Gasteiger partial charge in [-0.2, -0.15) is 0 Å². The van der Waals surface area contributed by atoms with Crippen molar-refractivity contribution in [1.82, 2.24) is 0 Å².